The van der Waals surface area contributed by atoms with Crippen LogP contribution in [0, 0.1) is 0 Å². The molecule has 0 fully saturated rings. The minimum atomic E-state index is -0.259. The smallest absolute Gasteiger partial charge is 0.255 e. The molecule has 2 rings (SSSR count). The summed E-state index contributed by atoms with van der Waals surface area (Å²) in [5.41, 5.74) is 1.02. The zero-order valence-electron chi connectivity index (χ0n) is 13.4. The number of anilines is 1. The highest BCUT2D eigenvalue weighted by molar-refractivity contribution is 6.04. The van der Waals surface area contributed by atoms with Gasteiger partial charge in [-0.15, -0.1) is 0 Å². The molecule has 0 aliphatic carbocycles. The number of nitrogens with one attached hydrogen (secondary N) is 1. The van der Waals surface area contributed by atoms with Crippen LogP contribution in [0.25, 0.3) is 0 Å². The molecule has 7 nitrogen and oxygen atoms in total. The topological polar surface area (TPSA) is 76.5 Å². The summed E-state index contributed by atoms with van der Waals surface area (Å²) in [5.74, 6) is 0.313. The Morgan fingerprint density at radius 2 is 2.13 bits per heavy atom. The third-order valence-electron chi connectivity index (χ3n) is 3.09. The van der Waals surface area contributed by atoms with E-state index in [2.05, 4.69) is 10.4 Å². The van der Waals surface area contributed by atoms with Crippen molar-refractivity contribution in [1.82, 2.24) is 14.7 Å². The van der Waals surface area contributed by atoms with Gasteiger partial charge in [0.05, 0.1) is 18.5 Å². The fourth-order valence-electron chi connectivity index (χ4n) is 1.89. The van der Waals surface area contributed by atoms with Gasteiger partial charge in [0.2, 0.25) is 5.91 Å². The van der Waals surface area contributed by atoms with Crippen molar-refractivity contribution in [3.63, 3.8) is 0 Å². The molecule has 2 aromatic rings. The van der Waals surface area contributed by atoms with Crippen LogP contribution in [0.2, 0.25) is 0 Å². The third kappa shape index (κ3) is 4.57. The summed E-state index contributed by atoms with van der Waals surface area (Å²) in [5, 5.41) is 6.81. The molecule has 1 heterocycles. The standard InChI is InChI=1S/C16H20N4O3/c1-4-23-14-7-5-6-12(8-14)16(22)18-13-9-17-20(10-13)11-15(21)19(2)3/h5-10H,4,11H2,1-3H3,(H,18,22). The highest BCUT2D eigenvalue weighted by Gasteiger charge is 2.10. The molecule has 0 atom stereocenters. The first-order chi connectivity index (χ1) is 11.0. The average Bonchev–Trinajstić information content (AvgIpc) is 2.94. The lowest BCUT2D eigenvalue weighted by atomic mass is 10.2. The predicted molar refractivity (Wildman–Crippen MR) is 86.5 cm³/mol. The summed E-state index contributed by atoms with van der Waals surface area (Å²) in [6, 6.07) is 6.95. The maximum absolute atomic E-state index is 12.2. The van der Waals surface area contributed by atoms with E-state index in [4.69, 9.17) is 4.74 Å². The van der Waals surface area contributed by atoms with E-state index < -0.39 is 0 Å². The lowest BCUT2D eigenvalue weighted by molar-refractivity contribution is -0.129. The summed E-state index contributed by atoms with van der Waals surface area (Å²) < 4.78 is 6.86. The van der Waals surface area contributed by atoms with Crippen LogP contribution >= 0.6 is 0 Å². The van der Waals surface area contributed by atoms with E-state index >= 15 is 0 Å². The SMILES string of the molecule is CCOc1cccc(C(=O)Nc2cnn(CC(=O)N(C)C)c2)c1. The third-order valence-corrected chi connectivity index (χ3v) is 3.09. The van der Waals surface area contributed by atoms with E-state index in [0.29, 0.717) is 23.6 Å². The van der Waals surface area contributed by atoms with Gasteiger partial charge in [0.15, 0.2) is 0 Å². The molecule has 0 spiro atoms. The van der Waals surface area contributed by atoms with Crippen LogP contribution in [0.4, 0.5) is 5.69 Å². The number of carbonyl (C=O) groups is 2. The minimum absolute atomic E-state index is 0.0737. The Kier molecular flexibility index (Phi) is 5.35. The van der Waals surface area contributed by atoms with Crippen LogP contribution in [0.5, 0.6) is 5.75 Å². The van der Waals surface area contributed by atoms with Crippen LogP contribution in [0.15, 0.2) is 36.7 Å². The van der Waals surface area contributed by atoms with Crippen LogP contribution < -0.4 is 10.1 Å². The van der Waals surface area contributed by atoms with Crippen molar-refractivity contribution in [2.24, 2.45) is 0 Å². The van der Waals surface area contributed by atoms with Gasteiger partial charge in [-0.1, -0.05) is 6.07 Å². The van der Waals surface area contributed by atoms with Crippen molar-refractivity contribution in [3.05, 3.63) is 42.2 Å². The maximum Gasteiger partial charge on any atom is 0.255 e. The van der Waals surface area contributed by atoms with Gasteiger partial charge in [-0.2, -0.15) is 5.10 Å². The maximum atomic E-state index is 12.2. The monoisotopic (exact) mass is 316 g/mol. The van der Waals surface area contributed by atoms with Gasteiger partial charge >= 0.3 is 0 Å². The molecule has 0 unspecified atom stereocenters. The molecule has 2 amide bonds. The van der Waals surface area contributed by atoms with Crippen molar-refractivity contribution in [2.45, 2.75) is 13.5 Å². The first kappa shape index (κ1) is 16.5. The molecule has 23 heavy (non-hydrogen) atoms. The Bertz CT molecular complexity index is 694. The fourth-order valence-corrected chi connectivity index (χ4v) is 1.89. The minimum Gasteiger partial charge on any atom is -0.494 e. The quantitative estimate of drug-likeness (QED) is 0.878. The van der Waals surface area contributed by atoms with Crippen LogP contribution in [-0.4, -0.2) is 47.2 Å². The number of carbonyl (C=O) groups excluding carboxylic acids is 2. The highest BCUT2D eigenvalue weighted by Crippen LogP contribution is 2.15. The van der Waals surface area contributed by atoms with Gasteiger partial charge in [0.1, 0.15) is 12.3 Å². The Morgan fingerprint density at radius 1 is 1.35 bits per heavy atom. The summed E-state index contributed by atoms with van der Waals surface area (Å²) in [4.78, 5) is 25.3. The van der Waals surface area contributed by atoms with Crippen molar-refractivity contribution in [2.75, 3.05) is 26.0 Å². The first-order valence-electron chi connectivity index (χ1n) is 7.26. The van der Waals surface area contributed by atoms with Crippen molar-refractivity contribution < 1.29 is 14.3 Å². The summed E-state index contributed by atoms with van der Waals surface area (Å²) in [7, 11) is 3.36. The molecule has 7 heteroatoms. The molecule has 1 aromatic carbocycles. The Balaban J connectivity index is 2.02. The van der Waals surface area contributed by atoms with Crippen LogP contribution in [-0.2, 0) is 11.3 Å². The number of amides is 2. The van der Waals surface area contributed by atoms with E-state index in [1.807, 2.05) is 6.92 Å². The van der Waals surface area contributed by atoms with E-state index in [1.165, 1.54) is 15.8 Å². The second-order valence-electron chi connectivity index (χ2n) is 5.13. The number of ether oxygens (including phenoxy) is 1. The van der Waals surface area contributed by atoms with Gasteiger partial charge < -0.3 is 15.0 Å². The summed E-state index contributed by atoms with van der Waals surface area (Å²) in [6.07, 6.45) is 3.12. The summed E-state index contributed by atoms with van der Waals surface area (Å²) >= 11 is 0. The molecule has 0 aliphatic rings. The largest absolute Gasteiger partial charge is 0.494 e. The normalized spacial score (nSPS) is 10.2. The van der Waals surface area contributed by atoms with Gasteiger partial charge in [0, 0.05) is 25.9 Å². The second-order valence-corrected chi connectivity index (χ2v) is 5.13. The average molecular weight is 316 g/mol. The predicted octanol–water partition coefficient (Wildman–Crippen LogP) is 1.62. The van der Waals surface area contributed by atoms with E-state index in [1.54, 1.807) is 44.6 Å². The Morgan fingerprint density at radius 3 is 2.83 bits per heavy atom. The highest BCUT2D eigenvalue weighted by atomic mass is 16.5. The number of nitrogens with zero attached hydrogens (tertiary/aromatic N) is 3. The zero-order chi connectivity index (χ0) is 16.8. The molecule has 1 aromatic heterocycles. The molecular formula is C16H20N4O3. The molecule has 0 aliphatic heterocycles. The van der Waals surface area contributed by atoms with Crippen molar-refractivity contribution in [1.29, 1.82) is 0 Å². The lowest BCUT2D eigenvalue weighted by Crippen LogP contribution is -2.26. The molecular weight excluding hydrogens is 296 g/mol. The Labute approximate surface area is 134 Å². The molecule has 122 valence electrons. The van der Waals surface area contributed by atoms with Crippen molar-refractivity contribution in [3.8, 4) is 5.75 Å². The van der Waals surface area contributed by atoms with E-state index in [9.17, 15) is 9.59 Å². The fraction of sp³-hybridized carbons (Fsp3) is 0.312. The molecule has 0 saturated heterocycles. The van der Waals surface area contributed by atoms with Crippen LogP contribution in [0.3, 0.4) is 0 Å². The number of hydrogen-bond acceptors (Lipinski definition) is 4. The number of hydrogen-bond donors (Lipinski definition) is 1. The van der Waals surface area contributed by atoms with Gasteiger partial charge in [-0.25, -0.2) is 0 Å². The zero-order valence-corrected chi connectivity index (χ0v) is 13.4. The van der Waals surface area contributed by atoms with Gasteiger partial charge in [-0.3, -0.25) is 14.3 Å². The number of likely N-dealkylation sites (N-methyl/N-ethyl adjacent to an activating group) is 1. The second kappa shape index (κ2) is 7.44. The number of benzene rings is 1. The molecule has 0 bridgehead atoms. The number of aromatic nitrogens is 2. The first-order valence-corrected chi connectivity index (χ1v) is 7.26. The molecule has 0 radical (unpaired) electrons. The van der Waals surface area contributed by atoms with Gasteiger partial charge in [-0.05, 0) is 25.1 Å². The van der Waals surface area contributed by atoms with E-state index in [-0.39, 0.29) is 18.4 Å². The van der Waals surface area contributed by atoms with Gasteiger partial charge in [0.25, 0.3) is 5.91 Å². The number of rotatable bonds is 6. The van der Waals surface area contributed by atoms with E-state index in [0.717, 1.165) is 0 Å². The van der Waals surface area contributed by atoms with Crippen LogP contribution in [0.1, 0.15) is 17.3 Å². The lowest BCUT2D eigenvalue weighted by Gasteiger charge is -2.09. The van der Waals surface area contributed by atoms with Crippen molar-refractivity contribution >= 4 is 17.5 Å². The molecule has 1 N–H and O–H groups in total. The summed E-state index contributed by atoms with van der Waals surface area (Å²) in [6.45, 7) is 2.55. The Hall–Kier alpha value is -2.83. The molecule has 0 saturated carbocycles.